The molecule has 0 aliphatic heterocycles. The summed E-state index contributed by atoms with van der Waals surface area (Å²) >= 11 is 5.75. The summed E-state index contributed by atoms with van der Waals surface area (Å²) in [5.41, 5.74) is 5.14. The maximum atomic E-state index is 11.9. The smallest absolute Gasteiger partial charge is 0.271 e. The van der Waals surface area contributed by atoms with Gasteiger partial charge in [-0.05, 0) is 0 Å². The van der Waals surface area contributed by atoms with Crippen LogP contribution in [-0.4, -0.2) is 16.0 Å². The number of amides is 1. The van der Waals surface area contributed by atoms with Gasteiger partial charge >= 0.3 is 0 Å². The fraction of sp³-hybridized carbons (Fsp3) is 0. The lowest BCUT2D eigenvalue weighted by molar-refractivity contribution is -0.384. The van der Waals surface area contributed by atoms with Crippen molar-refractivity contribution in [3.8, 4) is 0 Å². The molecule has 19 heavy (non-hydrogen) atoms. The van der Waals surface area contributed by atoms with E-state index in [0.29, 0.717) is 0 Å². The molecule has 1 aromatic carbocycles. The van der Waals surface area contributed by atoms with Crippen molar-refractivity contribution >= 4 is 34.7 Å². The van der Waals surface area contributed by atoms with Crippen molar-refractivity contribution in [3.63, 3.8) is 0 Å². The summed E-state index contributed by atoms with van der Waals surface area (Å²) in [4.78, 5) is 21.9. The molecule has 0 atom stereocenters. The number of nitrogen functional groups attached to an aromatic ring is 1. The van der Waals surface area contributed by atoms with E-state index in [2.05, 4.69) is 15.0 Å². The highest BCUT2D eigenvalue weighted by Crippen LogP contribution is 2.29. The fourth-order valence-corrected chi connectivity index (χ4v) is 1.57. The number of halogens is 1. The van der Waals surface area contributed by atoms with Crippen molar-refractivity contribution in [2.45, 2.75) is 0 Å². The van der Waals surface area contributed by atoms with Gasteiger partial charge < -0.3 is 15.6 Å². The van der Waals surface area contributed by atoms with Crippen LogP contribution in [0.3, 0.4) is 0 Å². The van der Waals surface area contributed by atoms with E-state index in [-0.39, 0.29) is 27.8 Å². The summed E-state index contributed by atoms with van der Waals surface area (Å²) in [5.74, 6) is -0.510. The Morgan fingerprint density at radius 2 is 2.26 bits per heavy atom. The SMILES string of the molecule is Nc1c(Cl)cc([N+](=O)[O-])cc1C(=O)Nc1ccon1. The van der Waals surface area contributed by atoms with Gasteiger partial charge in [-0.25, -0.2) is 0 Å². The van der Waals surface area contributed by atoms with Gasteiger partial charge in [0.2, 0.25) is 0 Å². The van der Waals surface area contributed by atoms with Gasteiger partial charge in [-0.1, -0.05) is 16.8 Å². The van der Waals surface area contributed by atoms with Crippen LogP contribution in [0.5, 0.6) is 0 Å². The van der Waals surface area contributed by atoms with E-state index in [9.17, 15) is 14.9 Å². The van der Waals surface area contributed by atoms with E-state index < -0.39 is 10.8 Å². The number of aromatic nitrogens is 1. The Labute approximate surface area is 111 Å². The second-order valence-electron chi connectivity index (χ2n) is 3.48. The van der Waals surface area contributed by atoms with Gasteiger partial charge in [-0.3, -0.25) is 14.9 Å². The monoisotopic (exact) mass is 282 g/mol. The third-order valence-corrected chi connectivity index (χ3v) is 2.56. The lowest BCUT2D eigenvalue weighted by atomic mass is 10.1. The zero-order chi connectivity index (χ0) is 14.0. The molecule has 1 aromatic heterocycles. The standard InChI is InChI=1S/C10H7ClN4O4/c11-7-4-5(15(17)18)3-6(9(7)12)10(16)13-8-1-2-19-14-8/h1-4H,12H2,(H,13,14,16). The number of nitro groups is 1. The van der Waals surface area contributed by atoms with Crippen molar-refractivity contribution in [2.75, 3.05) is 11.1 Å². The minimum atomic E-state index is -0.669. The number of nitrogens with zero attached hydrogens (tertiary/aromatic N) is 2. The van der Waals surface area contributed by atoms with Gasteiger partial charge in [0, 0.05) is 18.2 Å². The predicted octanol–water partition coefficient (Wildman–Crippen LogP) is 2.07. The predicted molar refractivity (Wildman–Crippen MR) is 67.0 cm³/mol. The van der Waals surface area contributed by atoms with Crippen molar-refractivity contribution < 1.29 is 14.2 Å². The molecule has 0 radical (unpaired) electrons. The van der Waals surface area contributed by atoms with Crippen LogP contribution in [0.1, 0.15) is 10.4 Å². The first-order chi connectivity index (χ1) is 8.99. The number of benzene rings is 1. The third kappa shape index (κ3) is 2.63. The summed E-state index contributed by atoms with van der Waals surface area (Å²) < 4.78 is 4.54. The molecule has 0 aliphatic carbocycles. The highest BCUT2D eigenvalue weighted by molar-refractivity contribution is 6.34. The maximum Gasteiger partial charge on any atom is 0.271 e. The number of hydrogen-bond acceptors (Lipinski definition) is 6. The lowest BCUT2D eigenvalue weighted by Crippen LogP contribution is -2.15. The Balaban J connectivity index is 2.38. The molecule has 2 aromatic rings. The number of nitro benzene ring substituents is 1. The molecule has 9 heteroatoms. The first-order valence-corrected chi connectivity index (χ1v) is 5.32. The molecule has 3 N–H and O–H groups in total. The van der Waals surface area contributed by atoms with Crippen LogP contribution in [0.25, 0.3) is 0 Å². The molecule has 1 heterocycles. The molecule has 98 valence electrons. The normalized spacial score (nSPS) is 10.2. The summed E-state index contributed by atoms with van der Waals surface area (Å²) in [6.45, 7) is 0. The van der Waals surface area contributed by atoms with Gasteiger partial charge in [0.05, 0.1) is 21.2 Å². The van der Waals surface area contributed by atoms with E-state index in [1.54, 1.807) is 0 Å². The topological polar surface area (TPSA) is 124 Å². The number of carbonyl (C=O) groups excluding carboxylic acids is 1. The van der Waals surface area contributed by atoms with Crippen LogP contribution in [0.4, 0.5) is 17.2 Å². The van der Waals surface area contributed by atoms with Crippen LogP contribution in [0, 0.1) is 10.1 Å². The Kier molecular flexibility index (Phi) is 3.34. The van der Waals surface area contributed by atoms with E-state index in [1.807, 2.05) is 0 Å². The van der Waals surface area contributed by atoms with Crippen LogP contribution >= 0.6 is 11.6 Å². The minimum Gasteiger partial charge on any atom is -0.397 e. The molecule has 0 bridgehead atoms. The van der Waals surface area contributed by atoms with E-state index in [1.165, 1.54) is 12.3 Å². The van der Waals surface area contributed by atoms with Crippen LogP contribution in [-0.2, 0) is 0 Å². The largest absolute Gasteiger partial charge is 0.397 e. The summed E-state index contributed by atoms with van der Waals surface area (Å²) in [7, 11) is 0. The Bertz CT molecular complexity index is 641. The zero-order valence-electron chi connectivity index (χ0n) is 9.29. The molecule has 0 saturated heterocycles. The highest BCUT2D eigenvalue weighted by atomic mass is 35.5. The van der Waals surface area contributed by atoms with Crippen LogP contribution in [0.2, 0.25) is 5.02 Å². The summed E-state index contributed by atoms with van der Waals surface area (Å²) in [5, 5.41) is 16.5. The lowest BCUT2D eigenvalue weighted by Gasteiger charge is -2.06. The number of non-ortho nitro benzene ring substituents is 1. The van der Waals surface area contributed by atoms with Crippen molar-refractivity contribution in [3.05, 3.63) is 45.2 Å². The van der Waals surface area contributed by atoms with Gasteiger partial charge in [0.1, 0.15) is 6.26 Å². The van der Waals surface area contributed by atoms with Crippen molar-refractivity contribution in [2.24, 2.45) is 0 Å². The zero-order valence-corrected chi connectivity index (χ0v) is 10.0. The molecular formula is C10H7ClN4O4. The van der Waals surface area contributed by atoms with Gasteiger partial charge in [0.25, 0.3) is 11.6 Å². The Morgan fingerprint density at radius 1 is 1.53 bits per heavy atom. The second kappa shape index (κ2) is 4.94. The molecule has 2 rings (SSSR count). The number of nitrogens with two attached hydrogens (primary N) is 1. The maximum absolute atomic E-state index is 11.9. The fourth-order valence-electron chi connectivity index (χ4n) is 1.36. The quantitative estimate of drug-likeness (QED) is 0.504. The van der Waals surface area contributed by atoms with Crippen LogP contribution < -0.4 is 11.1 Å². The number of carbonyl (C=O) groups is 1. The van der Waals surface area contributed by atoms with Crippen LogP contribution in [0.15, 0.2) is 29.0 Å². The number of anilines is 2. The third-order valence-electron chi connectivity index (χ3n) is 2.25. The Hall–Kier alpha value is -2.61. The highest BCUT2D eigenvalue weighted by Gasteiger charge is 2.19. The molecule has 8 nitrogen and oxygen atoms in total. The summed E-state index contributed by atoms with van der Waals surface area (Å²) in [6, 6.07) is 3.52. The molecule has 0 saturated carbocycles. The number of nitrogens with one attached hydrogen (secondary N) is 1. The second-order valence-corrected chi connectivity index (χ2v) is 3.89. The van der Waals surface area contributed by atoms with Crippen molar-refractivity contribution in [1.29, 1.82) is 0 Å². The molecule has 0 fully saturated rings. The minimum absolute atomic E-state index is 0.0479. The molecular weight excluding hydrogens is 276 g/mol. The Morgan fingerprint density at radius 3 is 2.84 bits per heavy atom. The molecule has 1 amide bonds. The van der Waals surface area contributed by atoms with E-state index in [4.69, 9.17) is 17.3 Å². The molecule has 0 spiro atoms. The number of hydrogen-bond donors (Lipinski definition) is 2. The van der Waals surface area contributed by atoms with Gasteiger partial charge in [0.15, 0.2) is 5.82 Å². The number of rotatable bonds is 3. The first-order valence-electron chi connectivity index (χ1n) is 4.94. The van der Waals surface area contributed by atoms with E-state index in [0.717, 1.165) is 12.1 Å². The van der Waals surface area contributed by atoms with Gasteiger partial charge in [-0.2, -0.15) is 0 Å². The van der Waals surface area contributed by atoms with Crippen molar-refractivity contribution in [1.82, 2.24) is 5.16 Å². The first kappa shape index (κ1) is 12.8. The average Bonchev–Trinajstić information content (AvgIpc) is 2.84. The summed E-state index contributed by atoms with van der Waals surface area (Å²) in [6.07, 6.45) is 1.26. The van der Waals surface area contributed by atoms with Gasteiger partial charge in [-0.15, -0.1) is 0 Å². The van der Waals surface area contributed by atoms with E-state index >= 15 is 0 Å². The molecule has 0 aliphatic rings. The average molecular weight is 283 g/mol. The molecule has 0 unspecified atom stereocenters.